The number of anilines is 3. The lowest BCUT2D eigenvalue weighted by Gasteiger charge is -2.27. The Balaban J connectivity index is 1.09. The van der Waals surface area contributed by atoms with Crippen molar-refractivity contribution in [3.05, 3.63) is 205 Å². The number of nitrogens with one attached hydrogen (secondary N) is 1. The molecule has 284 valence electrons. The minimum Gasteiger partial charge on any atom is -0.386 e. The third-order valence-corrected chi connectivity index (χ3v) is 12.4. The van der Waals surface area contributed by atoms with E-state index in [9.17, 15) is 0 Å². The zero-order chi connectivity index (χ0) is 39.7. The standard InChI is InChI=1S/C54H43N5/c1-54(2)45-21-11-10-20-41(45)42-33-44-43-32-36(35-57(38-16-6-4-7-17-38)50-24-14-12-22-47(50)55-3)26-31-49(43)58(52(44)34-46(42)54)40-29-27-37(28-30-40)53-56-48-23-13-15-25-51(48)59(53)39-18-8-5-9-19-39/h4-34,55H,35H2,1-3H3. The first-order valence-electron chi connectivity index (χ1n) is 20.4. The van der Waals surface area contributed by atoms with Crippen molar-refractivity contribution in [3.63, 3.8) is 0 Å². The molecule has 2 heterocycles. The predicted octanol–water partition coefficient (Wildman–Crippen LogP) is 13.5. The zero-order valence-corrected chi connectivity index (χ0v) is 33.4. The van der Waals surface area contributed by atoms with Gasteiger partial charge in [0.05, 0.1) is 33.4 Å². The number of nitrogens with zero attached hydrogens (tertiary/aromatic N) is 4. The van der Waals surface area contributed by atoms with Crippen LogP contribution in [0.5, 0.6) is 0 Å². The third kappa shape index (κ3) is 5.57. The Kier molecular flexibility index (Phi) is 8.05. The van der Waals surface area contributed by atoms with Gasteiger partial charge in [0.15, 0.2) is 0 Å². The Morgan fingerprint density at radius 2 is 1.22 bits per heavy atom. The van der Waals surface area contributed by atoms with E-state index in [0.717, 1.165) is 50.9 Å². The maximum atomic E-state index is 5.16. The molecule has 0 spiro atoms. The van der Waals surface area contributed by atoms with Crippen LogP contribution in [-0.4, -0.2) is 21.2 Å². The summed E-state index contributed by atoms with van der Waals surface area (Å²) in [5.74, 6) is 0.927. The Hall–Kier alpha value is -7.37. The molecule has 0 saturated heterocycles. The fourth-order valence-electron chi connectivity index (χ4n) is 9.48. The van der Waals surface area contributed by atoms with Gasteiger partial charge in [0.2, 0.25) is 0 Å². The average Bonchev–Trinajstić information content (AvgIpc) is 3.91. The second kappa shape index (κ2) is 13.6. The maximum absolute atomic E-state index is 5.16. The molecule has 8 aromatic carbocycles. The van der Waals surface area contributed by atoms with Gasteiger partial charge in [-0.25, -0.2) is 4.98 Å². The predicted molar refractivity (Wildman–Crippen MR) is 247 cm³/mol. The summed E-state index contributed by atoms with van der Waals surface area (Å²) >= 11 is 0. The third-order valence-electron chi connectivity index (χ3n) is 12.4. The average molecular weight is 762 g/mol. The molecule has 0 saturated carbocycles. The Labute approximate surface area is 344 Å². The number of fused-ring (bicyclic) bond motifs is 7. The summed E-state index contributed by atoms with van der Waals surface area (Å²) in [6, 6.07) is 68.0. The van der Waals surface area contributed by atoms with Crippen LogP contribution in [-0.2, 0) is 12.0 Å². The molecule has 5 heteroatoms. The fraction of sp³-hybridized carbons (Fsp3) is 0.0926. The Morgan fingerprint density at radius 3 is 2.03 bits per heavy atom. The lowest BCUT2D eigenvalue weighted by molar-refractivity contribution is 0.661. The van der Waals surface area contributed by atoms with Crippen LogP contribution in [0, 0.1) is 0 Å². The number of rotatable bonds is 8. The monoisotopic (exact) mass is 761 g/mol. The molecule has 0 atom stereocenters. The van der Waals surface area contributed by atoms with Gasteiger partial charge in [0.1, 0.15) is 5.82 Å². The number of hydrogen-bond donors (Lipinski definition) is 1. The van der Waals surface area contributed by atoms with Gasteiger partial charge in [-0.2, -0.15) is 0 Å². The highest BCUT2D eigenvalue weighted by Gasteiger charge is 2.36. The lowest BCUT2D eigenvalue weighted by Crippen LogP contribution is -2.17. The number of hydrogen-bond acceptors (Lipinski definition) is 3. The first-order chi connectivity index (χ1) is 29.0. The van der Waals surface area contributed by atoms with Crippen LogP contribution >= 0.6 is 0 Å². The quantitative estimate of drug-likeness (QED) is 0.168. The van der Waals surface area contributed by atoms with Crippen LogP contribution in [0.1, 0.15) is 30.5 Å². The molecule has 1 aliphatic rings. The Morgan fingerprint density at radius 1 is 0.542 bits per heavy atom. The normalized spacial score (nSPS) is 12.9. The van der Waals surface area contributed by atoms with Gasteiger partial charge in [-0.15, -0.1) is 0 Å². The van der Waals surface area contributed by atoms with Crippen molar-refractivity contribution in [1.29, 1.82) is 0 Å². The summed E-state index contributed by atoms with van der Waals surface area (Å²) in [6.45, 7) is 5.44. The summed E-state index contributed by atoms with van der Waals surface area (Å²) in [4.78, 5) is 7.57. The molecule has 59 heavy (non-hydrogen) atoms. The Bertz CT molecular complexity index is 3190. The topological polar surface area (TPSA) is 38.0 Å². The summed E-state index contributed by atoms with van der Waals surface area (Å²) in [5.41, 5.74) is 17.6. The highest BCUT2D eigenvalue weighted by Crippen LogP contribution is 2.51. The summed E-state index contributed by atoms with van der Waals surface area (Å²) in [6.07, 6.45) is 0. The minimum atomic E-state index is -0.121. The van der Waals surface area contributed by atoms with Crippen LogP contribution in [0.4, 0.5) is 17.1 Å². The van der Waals surface area contributed by atoms with E-state index in [0.29, 0.717) is 6.54 Å². The van der Waals surface area contributed by atoms with E-state index < -0.39 is 0 Å². The van der Waals surface area contributed by atoms with Gasteiger partial charge >= 0.3 is 0 Å². The molecule has 0 bridgehead atoms. The van der Waals surface area contributed by atoms with Crippen LogP contribution in [0.2, 0.25) is 0 Å². The molecule has 1 aliphatic carbocycles. The summed E-state index contributed by atoms with van der Waals surface area (Å²) in [5, 5.41) is 5.92. The van der Waals surface area contributed by atoms with Crippen molar-refractivity contribution in [2.24, 2.45) is 0 Å². The maximum Gasteiger partial charge on any atom is 0.145 e. The molecule has 10 aromatic rings. The number of imidazole rings is 1. The van der Waals surface area contributed by atoms with Crippen molar-refractivity contribution in [2.75, 3.05) is 17.3 Å². The van der Waals surface area contributed by atoms with Crippen molar-refractivity contribution in [3.8, 4) is 33.9 Å². The highest BCUT2D eigenvalue weighted by atomic mass is 15.2. The van der Waals surface area contributed by atoms with Gasteiger partial charge in [-0.1, -0.05) is 105 Å². The lowest BCUT2D eigenvalue weighted by atomic mass is 9.82. The molecule has 0 radical (unpaired) electrons. The van der Waals surface area contributed by atoms with Gasteiger partial charge < -0.3 is 14.8 Å². The van der Waals surface area contributed by atoms with Crippen molar-refractivity contribution in [1.82, 2.24) is 14.1 Å². The number of benzene rings is 8. The molecule has 11 rings (SSSR count). The summed E-state index contributed by atoms with van der Waals surface area (Å²) in [7, 11) is 1.99. The van der Waals surface area contributed by atoms with E-state index in [1.54, 1.807) is 0 Å². The van der Waals surface area contributed by atoms with Crippen molar-refractivity contribution < 1.29 is 0 Å². The molecular formula is C54H43N5. The van der Waals surface area contributed by atoms with E-state index in [-0.39, 0.29) is 5.41 Å². The van der Waals surface area contributed by atoms with Gasteiger partial charge in [0, 0.05) is 52.4 Å². The fourth-order valence-corrected chi connectivity index (χ4v) is 9.48. The second-order valence-electron chi connectivity index (χ2n) is 16.1. The molecule has 5 nitrogen and oxygen atoms in total. The molecule has 0 unspecified atom stereocenters. The zero-order valence-electron chi connectivity index (χ0n) is 33.4. The van der Waals surface area contributed by atoms with E-state index in [2.05, 4.69) is 221 Å². The summed E-state index contributed by atoms with van der Waals surface area (Å²) < 4.78 is 4.73. The second-order valence-corrected chi connectivity index (χ2v) is 16.1. The molecule has 1 N–H and O–H groups in total. The van der Waals surface area contributed by atoms with E-state index in [1.807, 2.05) is 7.05 Å². The molecule has 0 amide bonds. The highest BCUT2D eigenvalue weighted by molar-refractivity contribution is 6.12. The van der Waals surface area contributed by atoms with Crippen LogP contribution in [0.15, 0.2) is 188 Å². The van der Waals surface area contributed by atoms with Crippen LogP contribution < -0.4 is 10.2 Å². The largest absolute Gasteiger partial charge is 0.386 e. The molecule has 0 fully saturated rings. The van der Waals surface area contributed by atoms with E-state index >= 15 is 0 Å². The first kappa shape index (κ1) is 34.8. The van der Waals surface area contributed by atoms with E-state index in [4.69, 9.17) is 4.98 Å². The molecule has 2 aromatic heterocycles. The number of aromatic nitrogens is 3. The van der Waals surface area contributed by atoms with Crippen molar-refractivity contribution >= 4 is 49.9 Å². The molecule has 0 aliphatic heterocycles. The van der Waals surface area contributed by atoms with E-state index in [1.165, 1.54) is 49.6 Å². The SMILES string of the molecule is CNc1ccccc1N(Cc1ccc2c(c1)c1cc3c(cc1n2-c1ccc(-c2nc4ccccc4n2-c2ccccc2)cc1)C(C)(C)c1ccccc1-3)c1ccccc1. The number of para-hydroxylation sites is 6. The minimum absolute atomic E-state index is 0.121. The molecular weight excluding hydrogens is 719 g/mol. The van der Waals surface area contributed by atoms with Crippen LogP contribution in [0.3, 0.4) is 0 Å². The van der Waals surface area contributed by atoms with Crippen molar-refractivity contribution in [2.45, 2.75) is 25.8 Å². The van der Waals surface area contributed by atoms with Gasteiger partial charge in [-0.3, -0.25) is 4.57 Å². The van der Waals surface area contributed by atoms with Gasteiger partial charge in [0.25, 0.3) is 0 Å². The van der Waals surface area contributed by atoms with Crippen LogP contribution in [0.25, 0.3) is 66.7 Å². The first-order valence-corrected chi connectivity index (χ1v) is 20.4. The smallest absolute Gasteiger partial charge is 0.145 e. The van der Waals surface area contributed by atoms with Gasteiger partial charge in [-0.05, 0) is 125 Å².